The Hall–Kier alpha value is -0.790. The quantitative estimate of drug-likeness (QED) is 0.379. The summed E-state index contributed by atoms with van der Waals surface area (Å²) in [5, 5.41) is 0. The SMILES string of the molecule is CCCCCC=C1C(=O)OCC1C. The number of carbonyl (C=O) groups is 1. The van der Waals surface area contributed by atoms with Crippen molar-refractivity contribution in [3.05, 3.63) is 11.6 Å². The summed E-state index contributed by atoms with van der Waals surface area (Å²) in [6, 6.07) is 0. The zero-order valence-corrected chi connectivity index (χ0v) is 8.51. The second-order valence-electron chi connectivity index (χ2n) is 3.65. The molecule has 0 bridgehead atoms. The van der Waals surface area contributed by atoms with Crippen LogP contribution in [0.15, 0.2) is 11.6 Å². The minimum atomic E-state index is -0.107. The molecule has 1 rings (SSSR count). The lowest BCUT2D eigenvalue weighted by atomic mass is 10.0. The normalized spacial score (nSPS) is 25.2. The van der Waals surface area contributed by atoms with E-state index in [1.807, 2.05) is 6.92 Å². The Morgan fingerprint density at radius 1 is 1.54 bits per heavy atom. The maximum atomic E-state index is 11.2. The summed E-state index contributed by atoms with van der Waals surface area (Å²) in [4.78, 5) is 11.2. The molecule has 0 aliphatic carbocycles. The topological polar surface area (TPSA) is 26.3 Å². The summed E-state index contributed by atoms with van der Waals surface area (Å²) in [7, 11) is 0. The number of hydrogen-bond donors (Lipinski definition) is 0. The third-order valence-electron chi connectivity index (χ3n) is 2.40. The molecule has 1 aliphatic heterocycles. The molecule has 74 valence electrons. The number of cyclic esters (lactones) is 1. The van der Waals surface area contributed by atoms with E-state index in [9.17, 15) is 4.79 Å². The van der Waals surface area contributed by atoms with Gasteiger partial charge in [-0.05, 0) is 12.8 Å². The first-order valence-corrected chi connectivity index (χ1v) is 5.13. The van der Waals surface area contributed by atoms with E-state index in [0.717, 1.165) is 12.0 Å². The van der Waals surface area contributed by atoms with Gasteiger partial charge in [-0.1, -0.05) is 32.8 Å². The molecule has 0 radical (unpaired) electrons. The molecule has 1 saturated heterocycles. The number of hydrogen-bond acceptors (Lipinski definition) is 2. The highest BCUT2D eigenvalue weighted by molar-refractivity contribution is 5.90. The molecule has 1 aliphatic rings. The van der Waals surface area contributed by atoms with Gasteiger partial charge in [0.05, 0.1) is 6.61 Å². The molecule has 0 N–H and O–H groups in total. The lowest BCUT2D eigenvalue weighted by molar-refractivity contribution is -0.135. The number of allylic oxidation sites excluding steroid dienone is 1. The molecule has 0 aromatic heterocycles. The van der Waals surface area contributed by atoms with Gasteiger partial charge < -0.3 is 4.74 Å². The van der Waals surface area contributed by atoms with Crippen LogP contribution in [-0.2, 0) is 9.53 Å². The van der Waals surface area contributed by atoms with E-state index in [0.29, 0.717) is 12.5 Å². The molecular formula is C11H18O2. The molecule has 13 heavy (non-hydrogen) atoms. The third-order valence-corrected chi connectivity index (χ3v) is 2.40. The van der Waals surface area contributed by atoms with Crippen molar-refractivity contribution in [2.24, 2.45) is 5.92 Å². The fraction of sp³-hybridized carbons (Fsp3) is 0.727. The van der Waals surface area contributed by atoms with Crippen molar-refractivity contribution in [3.63, 3.8) is 0 Å². The predicted molar refractivity (Wildman–Crippen MR) is 52.3 cm³/mol. The average Bonchev–Trinajstić information content (AvgIpc) is 2.42. The first-order valence-electron chi connectivity index (χ1n) is 5.13. The van der Waals surface area contributed by atoms with Crippen molar-refractivity contribution in [2.75, 3.05) is 6.61 Å². The Balaban J connectivity index is 2.36. The number of ether oxygens (including phenoxy) is 1. The van der Waals surface area contributed by atoms with Crippen molar-refractivity contribution < 1.29 is 9.53 Å². The van der Waals surface area contributed by atoms with Crippen LogP contribution in [0.2, 0.25) is 0 Å². The van der Waals surface area contributed by atoms with Crippen LogP contribution in [0.1, 0.15) is 39.5 Å². The average molecular weight is 182 g/mol. The van der Waals surface area contributed by atoms with Crippen LogP contribution in [0.3, 0.4) is 0 Å². The highest BCUT2D eigenvalue weighted by atomic mass is 16.5. The Labute approximate surface area is 80.0 Å². The van der Waals surface area contributed by atoms with E-state index < -0.39 is 0 Å². The fourth-order valence-corrected chi connectivity index (χ4v) is 1.51. The van der Waals surface area contributed by atoms with E-state index in [-0.39, 0.29) is 5.97 Å². The molecule has 0 aromatic rings. The molecule has 0 spiro atoms. The molecule has 0 aromatic carbocycles. The van der Waals surface area contributed by atoms with Crippen LogP contribution in [0.5, 0.6) is 0 Å². The first-order chi connectivity index (χ1) is 6.25. The summed E-state index contributed by atoms with van der Waals surface area (Å²) in [6.45, 7) is 4.79. The van der Waals surface area contributed by atoms with Gasteiger partial charge in [0.25, 0.3) is 0 Å². The van der Waals surface area contributed by atoms with Gasteiger partial charge >= 0.3 is 5.97 Å². The predicted octanol–water partition coefficient (Wildman–Crippen LogP) is 2.69. The van der Waals surface area contributed by atoms with Gasteiger partial charge in [-0.2, -0.15) is 0 Å². The second kappa shape index (κ2) is 5.05. The van der Waals surface area contributed by atoms with Crippen LogP contribution >= 0.6 is 0 Å². The van der Waals surface area contributed by atoms with Gasteiger partial charge in [0.15, 0.2) is 0 Å². The molecule has 2 heteroatoms. The van der Waals surface area contributed by atoms with Gasteiger partial charge in [-0.15, -0.1) is 0 Å². The van der Waals surface area contributed by atoms with Crippen LogP contribution < -0.4 is 0 Å². The van der Waals surface area contributed by atoms with Crippen molar-refractivity contribution in [3.8, 4) is 0 Å². The lowest BCUT2D eigenvalue weighted by Crippen LogP contribution is -1.98. The van der Waals surface area contributed by atoms with E-state index in [1.54, 1.807) is 0 Å². The number of esters is 1. The third kappa shape index (κ3) is 2.87. The number of rotatable bonds is 4. The van der Waals surface area contributed by atoms with Gasteiger partial charge in [-0.25, -0.2) is 4.79 Å². The number of carbonyl (C=O) groups excluding carboxylic acids is 1. The smallest absolute Gasteiger partial charge is 0.334 e. The Kier molecular flexibility index (Phi) is 4.00. The number of unbranched alkanes of at least 4 members (excludes halogenated alkanes) is 3. The molecule has 2 nitrogen and oxygen atoms in total. The van der Waals surface area contributed by atoms with Gasteiger partial charge in [0, 0.05) is 11.5 Å². The van der Waals surface area contributed by atoms with E-state index in [1.165, 1.54) is 19.3 Å². The summed E-state index contributed by atoms with van der Waals surface area (Å²) in [5.41, 5.74) is 0.885. The molecule has 1 atom stereocenters. The minimum Gasteiger partial charge on any atom is -0.462 e. The Bertz CT molecular complexity index is 206. The highest BCUT2D eigenvalue weighted by Gasteiger charge is 2.25. The van der Waals surface area contributed by atoms with Crippen LogP contribution in [0.4, 0.5) is 0 Å². The summed E-state index contributed by atoms with van der Waals surface area (Å²) in [5.74, 6) is 0.193. The molecule has 0 amide bonds. The maximum Gasteiger partial charge on any atom is 0.334 e. The zero-order valence-electron chi connectivity index (χ0n) is 8.51. The van der Waals surface area contributed by atoms with Gasteiger partial charge in [0.1, 0.15) is 0 Å². The van der Waals surface area contributed by atoms with Crippen LogP contribution in [-0.4, -0.2) is 12.6 Å². The van der Waals surface area contributed by atoms with Crippen molar-refractivity contribution in [1.29, 1.82) is 0 Å². The zero-order chi connectivity index (χ0) is 9.68. The monoisotopic (exact) mass is 182 g/mol. The van der Waals surface area contributed by atoms with Crippen LogP contribution in [0, 0.1) is 5.92 Å². The van der Waals surface area contributed by atoms with E-state index in [4.69, 9.17) is 4.74 Å². The second-order valence-corrected chi connectivity index (χ2v) is 3.65. The molecular weight excluding hydrogens is 164 g/mol. The van der Waals surface area contributed by atoms with E-state index in [2.05, 4.69) is 13.0 Å². The van der Waals surface area contributed by atoms with Crippen molar-refractivity contribution in [1.82, 2.24) is 0 Å². The largest absolute Gasteiger partial charge is 0.462 e. The highest BCUT2D eigenvalue weighted by Crippen LogP contribution is 2.21. The maximum absolute atomic E-state index is 11.2. The molecule has 1 unspecified atom stereocenters. The first kappa shape index (κ1) is 10.3. The van der Waals surface area contributed by atoms with Gasteiger partial charge in [0.2, 0.25) is 0 Å². The lowest BCUT2D eigenvalue weighted by Gasteiger charge is -1.98. The summed E-state index contributed by atoms with van der Waals surface area (Å²) >= 11 is 0. The minimum absolute atomic E-state index is 0.107. The van der Waals surface area contributed by atoms with E-state index >= 15 is 0 Å². The fourth-order valence-electron chi connectivity index (χ4n) is 1.51. The van der Waals surface area contributed by atoms with Crippen molar-refractivity contribution >= 4 is 5.97 Å². The molecule has 1 fully saturated rings. The Morgan fingerprint density at radius 2 is 2.31 bits per heavy atom. The molecule has 0 saturated carbocycles. The van der Waals surface area contributed by atoms with Crippen molar-refractivity contribution in [2.45, 2.75) is 39.5 Å². The van der Waals surface area contributed by atoms with Crippen LogP contribution in [0.25, 0.3) is 0 Å². The van der Waals surface area contributed by atoms with Gasteiger partial charge in [-0.3, -0.25) is 0 Å². The standard InChI is InChI=1S/C11H18O2/c1-3-4-5-6-7-10-9(2)8-13-11(10)12/h7,9H,3-6,8H2,1-2H3. The summed E-state index contributed by atoms with van der Waals surface area (Å²) < 4.78 is 4.93. The summed E-state index contributed by atoms with van der Waals surface area (Å²) in [6.07, 6.45) is 6.72. The Morgan fingerprint density at radius 3 is 2.85 bits per heavy atom. The molecule has 1 heterocycles.